The Morgan fingerprint density at radius 2 is 2.07 bits per heavy atom. The van der Waals surface area contributed by atoms with E-state index in [1.54, 1.807) is 0 Å². The highest BCUT2D eigenvalue weighted by Gasteiger charge is 2.36. The van der Waals surface area contributed by atoms with Crippen molar-refractivity contribution < 1.29 is 21.9 Å². The average Bonchev–Trinajstić information content (AvgIpc) is 2.96. The predicted octanol–water partition coefficient (Wildman–Crippen LogP) is 0.681. The molecule has 0 bridgehead atoms. The van der Waals surface area contributed by atoms with Crippen molar-refractivity contribution in [3.05, 3.63) is 46.7 Å². The lowest BCUT2D eigenvalue weighted by atomic mass is 9.93. The molecule has 2 heterocycles. The molecule has 0 amide bonds. The summed E-state index contributed by atoms with van der Waals surface area (Å²) in [6, 6.07) is 2.63. The molecule has 10 heteroatoms. The molecule has 1 saturated heterocycles. The summed E-state index contributed by atoms with van der Waals surface area (Å²) in [5.74, 6) is -1.10. The van der Waals surface area contributed by atoms with Crippen molar-refractivity contribution in [3.63, 3.8) is 0 Å². The van der Waals surface area contributed by atoms with E-state index in [1.807, 2.05) is 4.90 Å². The van der Waals surface area contributed by atoms with Crippen molar-refractivity contribution in [3.8, 4) is 0 Å². The molecule has 1 aromatic carbocycles. The molecule has 3 rings (SSSR count). The van der Waals surface area contributed by atoms with Gasteiger partial charge in [0, 0.05) is 48.2 Å². The number of hydrogen-bond acceptors (Lipinski definition) is 6. The van der Waals surface area contributed by atoms with Crippen LogP contribution in [0, 0.1) is 11.6 Å². The molecular formula is C17H22F2N4O3S. The van der Waals surface area contributed by atoms with E-state index in [-0.39, 0.29) is 18.2 Å². The molecule has 0 spiro atoms. The van der Waals surface area contributed by atoms with Crippen molar-refractivity contribution in [2.45, 2.75) is 24.6 Å². The summed E-state index contributed by atoms with van der Waals surface area (Å²) in [7, 11) is -3.48. The van der Waals surface area contributed by atoms with Crippen molar-refractivity contribution in [1.82, 2.24) is 4.90 Å². The van der Waals surface area contributed by atoms with Crippen molar-refractivity contribution in [2.75, 3.05) is 26.0 Å². The maximum Gasteiger partial charge on any atom is 0.250 e. The van der Waals surface area contributed by atoms with E-state index >= 15 is 0 Å². The van der Waals surface area contributed by atoms with Crippen LogP contribution in [-0.4, -0.2) is 57.6 Å². The second-order valence-electron chi connectivity index (χ2n) is 6.90. The molecule has 0 saturated carbocycles. The zero-order valence-corrected chi connectivity index (χ0v) is 15.6. The number of nitrogens with two attached hydrogens (primary N) is 2. The van der Waals surface area contributed by atoms with Crippen LogP contribution in [0.15, 0.2) is 33.9 Å². The molecule has 1 aromatic rings. The van der Waals surface area contributed by atoms with E-state index in [0.29, 0.717) is 30.8 Å². The lowest BCUT2D eigenvalue weighted by Crippen LogP contribution is -2.49. The fraction of sp³-hybridized carbons (Fsp3) is 0.471. The fourth-order valence-corrected chi connectivity index (χ4v) is 3.71. The Balaban J connectivity index is 1.66. The first-order valence-electron chi connectivity index (χ1n) is 8.43. The van der Waals surface area contributed by atoms with Crippen molar-refractivity contribution >= 4 is 16.2 Å². The van der Waals surface area contributed by atoms with Crippen LogP contribution in [0.4, 0.5) is 8.78 Å². The summed E-state index contributed by atoms with van der Waals surface area (Å²) in [5.41, 5.74) is 13.4. The summed E-state index contributed by atoms with van der Waals surface area (Å²) < 4.78 is 59.1. The number of benzene rings is 1. The molecule has 0 radical (unpaired) electrons. The first kappa shape index (κ1) is 19.9. The smallest absolute Gasteiger partial charge is 0.250 e. The van der Waals surface area contributed by atoms with E-state index in [9.17, 15) is 17.2 Å². The fourth-order valence-electron chi connectivity index (χ4n) is 3.39. The normalized spacial score (nSPS) is 27.6. The van der Waals surface area contributed by atoms with Crippen molar-refractivity contribution in [2.24, 2.45) is 15.9 Å². The third kappa shape index (κ3) is 4.70. The van der Waals surface area contributed by atoms with Gasteiger partial charge in [-0.05, 0) is 24.6 Å². The van der Waals surface area contributed by atoms with Gasteiger partial charge in [-0.1, -0.05) is 0 Å². The standard InChI is InChI=1S/C17H22F2N4O3S/c1-27(24,25)22-6-10-7-23(8-16(10)21)12-5-15(20)17(26-9-12)13-4-11(18)2-3-14(13)19/h2-4,6,12,15,17H,5,7-9,20-21H2,1H3/t12-,15+,17-/m1/s1. The highest BCUT2D eigenvalue weighted by molar-refractivity contribution is 7.89. The van der Waals surface area contributed by atoms with E-state index in [4.69, 9.17) is 16.2 Å². The predicted molar refractivity (Wildman–Crippen MR) is 97.6 cm³/mol. The summed E-state index contributed by atoms with van der Waals surface area (Å²) in [6.45, 7) is 1.13. The minimum absolute atomic E-state index is 0.0736. The molecule has 2 aliphatic heterocycles. The molecule has 0 aliphatic carbocycles. The van der Waals surface area contributed by atoms with E-state index < -0.39 is 33.8 Å². The Hall–Kier alpha value is -1.88. The Labute approximate surface area is 156 Å². The number of rotatable bonds is 4. The Kier molecular flexibility index (Phi) is 5.61. The van der Waals surface area contributed by atoms with Crippen LogP contribution in [0.1, 0.15) is 18.1 Å². The summed E-state index contributed by atoms with van der Waals surface area (Å²) in [6.07, 6.45) is 2.05. The van der Waals surface area contributed by atoms with Crippen LogP contribution in [-0.2, 0) is 14.8 Å². The van der Waals surface area contributed by atoms with Gasteiger partial charge < -0.3 is 16.2 Å². The van der Waals surface area contributed by atoms with E-state index in [1.165, 1.54) is 6.21 Å². The van der Waals surface area contributed by atoms with Gasteiger partial charge in [-0.3, -0.25) is 4.90 Å². The van der Waals surface area contributed by atoms with Gasteiger partial charge in [-0.25, -0.2) is 17.2 Å². The Morgan fingerprint density at radius 3 is 2.74 bits per heavy atom. The van der Waals surface area contributed by atoms with Crippen LogP contribution in [0.2, 0.25) is 0 Å². The minimum atomic E-state index is -3.48. The number of hydrogen-bond donors (Lipinski definition) is 2. The van der Waals surface area contributed by atoms with Crippen LogP contribution in [0.3, 0.4) is 0 Å². The monoisotopic (exact) mass is 400 g/mol. The van der Waals surface area contributed by atoms with Crippen molar-refractivity contribution in [1.29, 1.82) is 0 Å². The molecule has 2 aliphatic rings. The highest BCUT2D eigenvalue weighted by atomic mass is 32.2. The summed E-state index contributed by atoms with van der Waals surface area (Å²) in [5, 5.41) is 0. The molecule has 4 N–H and O–H groups in total. The topological polar surface area (TPSA) is 111 Å². The average molecular weight is 400 g/mol. The van der Waals surface area contributed by atoms with Gasteiger partial charge >= 0.3 is 0 Å². The third-order valence-electron chi connectivity index (χ3n) is 4.74. The summed E-state index contributed by atoms with van der Waals surface area (Å²) >= 11 is 0. The van der Waals surface area contributed by atoms with Gasteiger partial charge in [0.2, 0.25) is 10.0 Å². The van der Waals surface area contributed by atoms with Gasteiger partial charge in [0.05, 0.1) is 12.9 Å². The largest absolute Gasteiger partial charge is 0.401 e. The quantitative estimate of drug-likeness (QED) is 0.719. The first-order valence-corrected chi connectivity index (χ1v) is 10.3. The zero-order chi connectivity index (χ0) is 19.8. The minimum Gasteiger partial charge on any atom is -0.401 e. The zero-order valence-electron chi connectivity index (χ0n) is 14.8. The molecular weight excluding hydrogens is 378 g/mol. The van der Waals surface area contributed by atoms with Gasteiger partial charge in [0.1, 0.15) is 17.7 Å². The van der Waals surface area contributed by atoms with Crippen LogP contribution in [0.5, 0.6) is 0 Å². The molecule has 7 nitrogen and oxygen atoms in total. The maximum atomic E-state index is 14.0. The number of halogens is 2. The third-order valence-corrected chi connectivity index (χ3v) is 5.23. The van der Waals surface area contributed by atoms with Crippen LogP contribution >= 0.6 is 0 Å². The lowest BCUT2D eigenvalue weighted by Gasteiger charge is -2.38. The Bertz CT molecular complexity index is 888. The lowest BCUT2D eigenvalue weighted by molar-refractivity contribution is -0.0463. The summed E-state index contributed by atoms with van der Waals surface area (Å²) in [4.78, 5) is 2.01. The van der Waals surface area contributed by atoms with Crippen LogP contribution in [0.25, 0.3) is 0 Å². The van der Waals surface area contributed by atoms with E-state index in [2.05, 4.69) is 4.40 Å². The number of ether oxygens (including phenoxy) is 1. The van der Waals surface area contributed by atoms with Crippen LogP contribution < -0.4 is 11.5 Å². The van der Waals surface area contributed by atoms with Gasteiger partial charge in [0.25, 0.3) is 0 Å². The van der Waals surface area contributed by atoms with Gasteiger partial charge in [-0.15, -0.1) is 0 Å². The number of sulfonamides is 1. The first-order chi connectivity index (χ1) is 12.6. The SMILES string of the molecule is CS(=O)(=O)N=CC1=C(N)CN([C@H]2CO[C@H](c3cc(F)ccc3F)[C@@H](N)C2)C1. The van der Waals surface area contributed by atoms with Gasteiger partial charge in [0.15, 0.2) is 0 Å². The second kappa shape index (κ2) is 7.63. The molecule has 3 atom stereocenters. The molecule has 148 valence electrons. The number of nitrogens with zero attached hydrogens (tertiary/aromatic N) is 2. The maximum absolute atomic E-state index is 14.0. The Morgan fingerprint density at radius 1 is 1.33 bits per heavy atom. The van der Waals surface area contributed by atoms with Gasteiger partial charge in [-0.2, -0.15) is 4.40 Å². The van der Waals surface area contributed by atoms with E-state index in [0.717, 1.165) is 24.5 Å². The molecule has 0 unspecified atom stereocenters. The molecule has 0 aromatic heterocycles. The molecule has 27 heavy (non-hydrogen) atoms. The highest BCUT2D eigenvalue weighted by Crippen LogP contribution is 2.32. The second-order valence-corrected chi connectivity index (χ2v) is 8.57. The molecule has 1 fully saturated rings.